The molecule has 5 heteroatoms. The number of rotatable bonds is 3. The number of nitrogen functional groups attached to an aromatic ring is 1. The summed E-state index contributed by atoms with van der Waals surface area (Å²) in [4.78, 5) is 8.07. The van der Waals surface area contributed by atoms with Gasteiger partial charge in [-0.1, -0.05) is 0 Å². The number of fused-ring (bicyclic) bond motifs is 1. The van der Waals surface area contributed by atoms with E-state index in [9.17, 15) is 0 Å². The predicted molar refractivity (Wildman–Crippen MR) is 56.5 cm³/mol. The lowest BCUT2D eigenvalue weighted by atomic mass is 10.2. The summed E-state index contributed by atoms with van der Waals surface area (Å²) in [5, 5.41) is 9.42. The Bertz CT molecular complexity index is 473. The van der Waals surface area contributed by atoms with E-state index in [2.05, 4.69) is 9.97 Å². The molecule has 0 saturated heterocycles. The summed E-state index contributed by atoms with van der Waals surface area (Å²) >= 11 is 0. The van der Waals surface area contributed by atoms with Gasteiger partial charge in [0.25, 0.3) is 0 Å². The fraction of sp³-hybridized carbons (Fsp3) is 0.200. The maximum absolute atomic E-state index is 8.66. The minimum Gasteiger partial charge on any atom is -0.475 e. The van der Waals surface area contributed by atoms with Gasteiger partial charge < -0.3 is 15.6 Å². The number of hydrogen-bond donors (Lipinski definition) is 2. The number of ether oxygens (including phenoxy) is 1. The van der Waals surface area contributed by atoms with E-state index in [-0.39, 0.29) is 13.2 Å². The van der Waals surface area contributed by atoms with E-state index in [0.717, 1.165) is 10.9 Å². The second kappa shape index (κ2) is 4.10. The van der Waals surface area contributed by atoms with Crippen LogP contribution in [-0.2, 0) is 0 Å². The topological polar surface area (TPSA) is 81.3 Å². The summed E-state index contributed by atoms with van der Waals surface area (Å²) in [5.74, 6) is 0.446. The lowest BCUT2D eigenvalue weighted by Crippen LogP contribution is -2.04. The quantitative estimate of drug-likeness (QED) is 0.716. The SMILES string of the molecule is Nc1ccc2ncnc(OCCO)c2c1. The summed E-state index contributed by atoms with van der Waals surface area (Å²) in [6.07, 6.45) is 1.42. The predicted octanol–water partition coefficient (Wildman–Crippen LogP) is 0.583. The van der Waals surface area contributed by atoms with E-state index in [1.807, 2.05) is 0 Å². The fourth-order valence-corrected chi connectivity index (χ4v) is 1.31. The summed E-state index contributed by atoms with van der Waals surface area (Å²) in [5.41, 5.74) is 7.06. The number of aliphatic hydroxyl groups excluding tert-OH is 1. The van der Waals surface area contributed by atoms with Crippen LogP contribution < -0.4 is 10.5 Å². The number of aliphatic hydroxyl groups is 1. The van der Waals surface area contributed by atoms with Gasteiger partial charge in [0.1, 0.15) is 12.9 Å². The van der Waals surface area contributed by atoms with E-state index in [4.69, 9.17) is 15.6 Å². The van der Waals surface area contributed by atoms with Gasteiger partial charge >= 0.3 is 0 Å². The molecule has 3 N–H and O–H groups in total. The fourth-order valence-electron chi connectivity index (χ4n) is 1.31. The van der Waals surface area contributed by atoms with Crippen molar-refractivity contribution in [3.05, 3.63) is 24.5 Å². The van der Waals surface area contributed by atoms with Crippen LogP contribution in [0.5, 0.6) is 5.88 Å². The second-order valence-electron chi connectivity index (χ2n) is 3.03. The minimum atomic E-state index is -0.0478. The summed E-state index contributed by atoms with van der Waals surface area (Å²) in [6.45, 7) is 0.161. The maximum atomic E-state index is 8.66. The van der Waals surface area contributed by atoms with Crippen molar-refractivity contribution in [1.29, 1.82) is 0 Å². The number of nitrogens with two attached hydrogens (primary N) is 1. The molecule has 1 aromatic heterocycles. The van der Waals surface area contributed by atoms with E-state index >= 15 is 0 Å². The highest BCUT2D eigenvalue weighted by Crippen LogP contribution is 2.23. The molecule has 0 fully saturated rings. The molecule has 0 unspecified atom stereocenters. The van der Waals surface area contributed by atoms with Crippen LogP contribution in [-0.4, -0.2) is 28.3 Å². The van der Waals surface area contributed by atoms with Gasteiger partial charge in [-0.3, -0.25) is 0 Å². The van der Waals surface area contributed by atoms with E-state index in [1.54, 1.807) is 18.2 Å². The monoisotopic (exact) mass is 205 g/mol. The van der Waals surface area contributed by atoms with Crippen molar-refractivity contribution >= 4 is 16.6 Å². The smallest absolute Gasteiger partial charge is 0.224 e. The molecule has 0 spiro atoms. The normalized spacial score (nSPS) is 10.5. The molecule has 0 radical (unpaired) electrons. The zero-order chi connectivity index (χ0) is 10.7. The molecule has 0 aliphatic carbocycles. The van der Waals surface area contributed by atoms with Crippen LogP contribution in [0.3, 0.4) is 0 Å². The van der Waals surface area contributed by atoms with Crippen LogP contribution in [0, 0.1) is 0 Å². The molecule has 0 aliphatic rings. The average molecular weight is 205 g/mol. The zero-order valence-corrected chi connectivity index (χ0v) is 8.05. The van der Waals surface area contributed by atoms with Crippen LogP contribution in [0.15, 0.2) is 24.5 Å². The van der Waals surface area contributed by atoms with Gasteiger partial charge in [-0.2, -0.15) is 0 Å². The van der Waals surface area contributed by atoms with Crippen molar-refractivity contribution in [2.45, 2.75) is 0 Å². The van der Waals surface area contributed by atoms with Gasteiger partial charge in [-0.05, 0) is 18.2 Å². The molecular formula is C10H11N3O2. The van der Waals surface area contributed by atoms with E-state index in [0.29, 0.717) is 11.6 Å². The summed E-state index contributed by atoms with van der Waals surface area (Å²) < 4.78 is 5.27. The van der Waals surface area contributed by atoms with Gasteiger partial charge in [0.05, 0.1) is 17.5 Å². The van der Waals surface area contributed by atoms with E-state index in [1.165, 1.54) is 6.33 Å². The third-order valence-electron chi connectivity index (χ3n) is 1.95. The number of benzene rings is 1. The van der Waals surface area contributed by atoms with Crippen LogP contribution in [0.1, 0.15) is 0 Å². The van der Waals surface area contributed by atoms with Crippen molar-refractivity contribution in [1.82, 2.24) is 9.97 Å². The molecule has 0 atom stereocenters. The van der Waals surface area contributed by atoms with Crippen molar-refractivity contribution in [3.63, 3.8) is 0 Å². The molecule has 1 aromatic carbocycles. The molecule has 0 saturated carbocycles. The first-order valence-corrected chi connectivity index (χ1v) is 4.55. The van der Waals surface area contributed by atoms with Crippen LogP contribution in [0.2, 0.25) is 0 Å². The lowest BCUT2D eigenvalue weighted by Gasteiger charge is -2.06. The lowest BCUT2D eigenvalue weighted by molar-refractivity contribution is 0.198. The van der Waals surface area contributed by atoms with Crippen LogP contribution in [0.4, 0.5) is 5.69 Å². The number of hydrogen-bond acceptors (Lipinski definition) is 5. The first-order valence-electron chi connectivity index (χ1n) is 4.55. The Labute approximate surface area is 86.5 Å². The zero-order valence-electron chi connectivity index (χ0n) is 8.05. The van der Waals surface area contributed by atoms with Crippen molar-refractivity contribution in [3.8, 4) is 5.88 Å². The molecule has 2 rings (SSSR count). The third-order valence-corrected chi connectivity index (χ3v) is 1.95. The van der Waals surface area contributed by atoms with Crippen molar-refractivity contribution < 1.29 is 9.84 Å². The molecular weight excluding hydrogens is 194 g/mol. The maximum Gasteiger partial charge on any atom is 0.224 e. The largest absolute Gasteiger partial charge is 0.475 e. The Morgan fingerprint density at radius 2 is 2.20 bits per heavy atom. The summed E-state index contributed by atoms with van der Waals surface area (Å²) in [7, 11) is 0. The molecule has 0 amide bonds. The Kier molecular flexibility index (Phi) is 2.64. The Balaban J connectivity index is 2.48. The van der Waals surface area contributed by atoms with Crippen molar-refractivity contribution in [2.75, 3.05) is 18.9 Å². The Hall–Kier alpha value is -1.88. The Morgan fingerprint density at radius 1 is 1.33 bits per heavy atom. The molecule has 78 valence electrons. The molecule has 2 aromatic rings. The van der Waals surface area contributed by atoms with Crippen molar-refractivity contribution in [2.24, 2.45) is 0 Å². The first kappa shape index (κ1) is 9.67. The van der Waals surface area contributed by atoms with Gasteiger partial charge in [0, 0.05) is 5.69 Å². The van der Waals surface area contributed by atoms with Gasteiger partial charge in [-0.25, -0.2) is 9.97 Å². The molecule has 0 aliphatic heterocycles. The first-order chi connectivity index (χ1) is 7.31. The highest BCUT2D eigenvalue weighted by Gasteiger charge is 2.04. The average Bonchev–Trinajstić information content (AvgIpc) is 2.26. The molecule has 5 nitrogen and oxygen atoms in total. The number of aromatic nitrogens is 2. The highest BCUT2D eigenvalue weighted by atomic mass is 16.5. The van der Waals surface area contributed by atoms with E-state index < -0.39 is 0 Å². The third kappa shape index (κ3) is 1.97. The highest BCUT2D eigenvalue weighted by molar-refractivity contribution is 5.86. The van der Waals surface area contributed by atoms with Gasteiger partial charge in [0.15, 0.2) is 0 Å². The van der Waals surface area contributed by atoms with Crippen LogP contribution >= 0.6 is 0 Å². The molecule has 0 bridgehead atoms. The molecule has 1 heterocycles. The Morgan fingerprint density at radius 3 is 3.00 bits per heavy atom. The van der Waals surface area contributed by atoms with Gasteiger partial charge in [-0.15, -0.1) is 0 Å². The van der Waals surface area contributed by atoms with Gasteiger partial charge in [0.2, 0.25) is 5.88 Å². The number of anilines is 1. The standard InChI is InChI=1S/C10H11N3O2/c11-7-1-2-9-8(5-7)10(13-6-12-9)15-4-3-14/h1-2,5-6,14H,3-4,11H2. The number of nitrogens with zero attached hydrogens (tertiary/aromatic N) is 2. The van der Waals surface area contributed by atoms with Crippen LogP contribution in [0.25, 0.3) is 10.9 Å². The second-order valence-corrected chi connectivity index (χ2v) is 3.03. The minimum absolute atomic E-state index is 0.0478. The molecule has 15 heavy (non-hydrogen) atoms. The summed E-state index contributed by atoms with van der Waals surface area (Å²) in [6, 6.07) is 5.32.